The molecule has 2 fully saturated rings. The average Bonchev–Trinajstić information content (AvgIpc) is 2.80. The van der Waals surface area contributed by atoms with Gasteiger partial charge in [0.25, 0.3) is 0 Å². The minimum absolute atomic E-state index is 0.0137. The van der Waals surface area contributed by atoms with Gasteiger partial charge in [0.2, 0.25) is 11.9 Å². The molecule has 1 aromatic heterocycles. The normalized spacial score (nSPS) is 19.6. The van der Waals surface area contributed by atoms with Gasteiger partial charge in [-0.25, -0.2) is 4.98 Å². The molecule has 7 nitrogen and oxygen atoms in total. The Bertz CT molecular complexity index is 1060. The number of rotatable bonds is 9. The van der Waals surface area contributed by atoms with E-state index in [1.54, 1.807) is 13.0 Å². The smallest absolute Gasteiger partial charge is 0.227 e. The first-order valence-corrected chi connectivity index (χ1v) is 13.8. The summed E-state index contributed by atoms with van der Waals surface area (Å²) in [6.07, 6.45) is 4.40. The third-order valence-electron chi connectivity index (χ3n) is 7.66. The maximum atomic E-state index is 11.7. The Morgan fingerprint density at radius 1 is 1.25 bits per heavy atom. The molecule has 0 spiro atoms. The fraction of sp³-hybridized carbons (Fsp3) is 0.593. The summed E-state index contributed by atoms with van der Waals surface area (Å²) in [4.78, 5) is 28.0. The molecular formula is C27H38Cl2N6O. The van der Waals surface area contributed by atoms with Crippen molar-refractivity contribution in [3.8, 4) is 0 Å². The lowest BCUT2D eigenvalue weighted by Gasteiger charge is -2.46. The molecule has 3 heterocycles. The van der Waals surface area contributed by atoms with Gasteiger partial charge in [0.05, 0.1) is 6.04 Å². The van der Waals surface area contributed by atoms with E-state index in [9.17, 15) is 4.79 Å². The third kappa shape index (κ3) is 6.42. The largest absolute Gasteiger partial charge is 0.363 e. The van der Waals surface area contributed by atoms with Crippen LogP contribution in [-0.2, 0) is 4.79 Å². The lowest BCUT2D eigenvalue weighted by Crippen LogP contribution is -2.54. The first-order chi connectivity index (χ1) is 17.2. The van der Waals surface area contributed by atoms with Crippen molar-refractivity contribution in [1.82, 2.24) is 19.8 Å². The molecule has 36 heavy (non-hydrogen) atoms. The Morgan fingerprint density at radius 3 is 2.72 bits per heavy atom. The van der Waals surface area contributed by atoms with Crippen LogP contribution in [0.2, 0.25) is 10.0 Å². The van der Waals surface area contributed by atoms with Gasteiger partial charge in [-0.1, -0.05) is 29.3 Å². The minimum Gasteiger partial charge on any atom is -0.363 e. The molecular weight excluding hydrogens is 495 g/mol. The van der Waals surface area contributed by atoms with Crippen LogP contribution in [0.5, 0.6) is 0 Å². The zero-order valence-corrected chi connectivity index (χ0v) is 23.3. The lowest BCUT2D eigenvalue weighted by atomic mass is 9.80. The van der Waals surface area contributed by atoms with Crippen LogP contribution in [0.1, 0.15) is 50.8 Å². The number of anilines is 2. The molecule has 2 aromatic rings. The summed E-state index contributed by atoms with van der Waals surface area (Å²) in [7, 11) is 0. The molecule has 0 saturated carbocycles. The van der Waals surface area contributed by atoms with Crippen molar-refractivity contribution in [3.05, 3.63) is 45.6 Å². The highest BCUT2D eigenvalue weighted by Gasteiger charge is 2.37. The number of likely N-dealkylation sites (tertiary alicyclic amines) is 1. The average molecular weight is 534 g/mol. The highest BCUT2D eigenvalue weighted by molar-refractivity contribution is 6.35. The molecule has 196 valence electrons. The fourth-order valence-corrected chi connectivity index (χ4v) is 5.89. The number of benzene rings is 1. The van der Waals surface area contributed by atoms with Crippen LogP contribution in [0.15, 0.2) is 24.4 Å². The number of amides is 1. The summed E-state index contributed by atoms with van der Waals surface area (Å²) in [6, 6.07) is 5.56. The zero-order chi connectivity index (χ0) is 25.8. The standard InChI is InChI=1S/C27H38Cl2N6O/c1-5-34(20(4)36)12-11-33-10-6-7-21(15-33)22-16-35(17-22)27-30-14-18(2)26(32-27)31-19(3)24-9-8-23(28)13-25(24)29/h8-9,13-14,19,21-22H,5-7,10-12,15-17H2,1-4H3,(H,30,31,32). The van der Waals surface area contributed by atoms with Crippen LogP contribution < -0.4 is 10.2 Å². The maximum Gasteiger partial charge on any atom is 0.227 e. The van der Waals surface area contributed by atoms with Gasteiger partial charge in [-0.15, -0.1) is 0 Å². The van der Waals surface area contributed by atoms with Crippen molar-refractivity contribution in [1.29, 1.82) is 0 Å². The summed E-state index contributed by atoms with van der Waals surface area (Å²) in [6.45, 7) is 14.6. The molecule has 1 N–H and O–H groups in total. The van der Waals surface area contributed by atoms with Crippen molar-refractivity contribution in [2.75, 3.05) is 56.0 Å². The highest BCUT2D eigenvalue weighted by atomic mass is 35.5. The Labute approximate surface area is 225 Å². The van der Waals surface area contributed by atoms with E-state index in [4.69, 9.17) is 28.2 Å². The van der Waals surface area contributed by atoms with Crippen molar-refractivity contribution in [3.63, 3.8) is 0 Å². The van der Waals surface area contributed by atoms with Gasteiger partial charge in [-0.2, -0.15) is 4.98 Å². The van der Waals surface area contributed by atoms with E-state index in [0.29, 0.717) is 21.9 Å². The molecule has 4 rings (SSSR count). The van der Waals surface area contributed by atoms with Gasteiger partial charge in [0.1, 0.15) is 5.82 Å². The second kappa shape index (κ2) is 12.0. The molecule has 0 bridgehead atoms. The van der Waals surface area contributed by atoms with E-state index < -0.39 is 0 Å². The number of carbonyl (C=O) groups is 1. The maximum absolute atomic E-state index is 11.7. The zero-order valence-electron chi connectivity index (χ0n) is 21.8. The number of carbonyl (C=O) groups excluding carboxylic acids is 1. The first-order valence-electron chi connectivity index (χ1n) is 13.0. The van der Waals surface area contributed by atoms with Crippen LogP contribution in [0.3, 0.4) is 0 Å². The van der Waals surface area contributed by atoms with Crippen LogP contribution in [0.4, 0.5) is 11.8 Å². The number of halogens is 2. The van der Waals surface area contributed by atoms with E-state index >= 15 is 0 Å². The Balaban J connectivity index is 1.32. The second-order valence-electron chi connectivity index (χ2n) is 10.2. The molecule has 2 aliphatic heterocycles. The Kier molecular flexibility index (Phi) is 8.96. The lowest BCUT2D eigenvalue weighted by molar-refractivity contribution is -0.128. The van der Waals surface area contributed by atoms with Crippen LogP contribution in [-0.4, -0.2) is 71.5 Å². The summed E-state index contributed by atoms with van der Waals surface area (Å²) >= 11 is 12.5. The van der Waals surface area contributed by atoms with Gasteiger partial charge in [-0.05, 0) is 69.7 Å². The number of nitrogens with zero attached hydrogens (tertiary/aromatic N) is 5. The summed E-state index contributed by atoms with van der Waals surface area (Å²) < 4.78 is 0. The van der Waals surface area contributed by atoms with Gasteiger partial charge >= 0.3 is 0 Å². The fourth-order valence-electron chi connectivity index (χ4n) is 5.32. The molecule has 9 heteroatoms. The third-order valence-corrected chi connectivity index (χ3v) is 8.22. The molecule has 0 radical (unpaired) electrons. The van der Waals surface area contributed by atoms with Crippen molar-refractivity contribution in [2.24, 2.45) is 11.8 Å². The molecule has 2 unspecified atom stereocenters. The molecule has 2 aliphatic rings. The van der Waals surface area contributed by atoms with Crippen LogP contribution in [0, 0.1) is 18.8 Å². The van der Waals surface area contributed by atoms with E-state index in [1.807, 2.05) is 37.1 Å². The molecule has 1 amide bonds. The molecule has 1 aromatic carbocycles. The Morgan fingerprint density at radius 2 is 2.03 bits per heavy atom. The highest BCUT2D eigenvalue weighted by Crippen LogP contribution is 2.34. The number of aryl methyl sites for hydroxylation is 1. The summed E-state index contributed by atoms with van der Waals surface area (Å²) in [5.41, 5.74) is 1.99. The number of piperidine rings is 1. The minimum atomic E-state index is -0.0137. The topological polar surface area (TPSA) is 64.6 Å². The van der Waals surface area contributed by atoms with Crippen molar-refractivity contribution in [2.45, 2.75) is 46.6 Å². The number of nitrogens with one attached hydrogen (secondary N) is 1. The molecule has 2 saturated heterocycles. The Hall–Kier alpha value is -2.09. The number of hydrogen-bond donors (Lipinski definition) is 1. The van der Waals surface area contributed by atoms with Gasteiger partial charge in [0, 0.05) is 68.0 Å². The quantitative estimate of drug-likeness (QED) is 0.473. The molecule has 0 aliphatic carbocycles. The van der Waals surface area contributed by atoms with Crippen LogP contribution >= 0.6 is 23.2 Å². The predicted octanol–water partition coefficient (Wildman–Crippen LogP) is 5.28. The summed E-state index contributed by atoms with van der Waals surface area (Å²) in [5.74, 6) is 3.13. The molecule has 2 atom stereocenters. The van der Waals surface area contributed by atoms with Gasteiger partial charge in [0.15, 0.2) is 0 Å². The number of hydrogen-bond acceptors (Lipinski definition) is 6. The van der Waals surface area contributed by atoms with E-state index in [2.05, 4.69) is 27.0 Å². The number of aromatic nitrogens is 2. The van der Waals surface area contributed by atoms with Crippen molar-refractivity contribution >= 4 is 40.9 Å². The monoisotopic (exact) mass is 532 g/mol. The van der Waals surface area contributed by atoms with E-state index in [0.717, 1.165) is 68.7 Å². The van der Waals surface area contributed by atoms with E-state index in [-0.39, 0.29) is 11.9 Å². The summed E-state index contributed by atoms with van der Waals surface area (Å²) in [5, 5.41) is 4.78. The van der Waals surface area contributed by atoms with E-state index in [1.165, 1.54) is 12.8 Å². The van der Waals surface area contributed by atoms with Gasteiger partial charge in [-0.3, -0.25) is 4.79 Å². The van der Waals surface area contributed by atoms with Gasteiger partial charge < -0.3 is 20.0 Å². The number of likely N-dealkylation sites (N-methyl/N-ethyl adjacent to an activating group) is 1. The predicted molar refractivity (Wildman–Crippen MR) is 148 cm³/mol. The van der Waals surface area contributed by atoms with Crippen LogP contribution in [0.25, 0.3) is 0 Å². The van der Waals surface area contributed by atoms with Crippen molar-refractivity contribution < 1.29 is 4.79 Å². The second-order valence-corrected chi connectivity index (χ2v) is 11.0. The first kappa shape index (κ1) is 27.0. The SMILES string of the molecule is CCN(CCN1CCCC(C2CN(c3ncc(C)c(NC(C)c4ccc(Cl)cc4Cl)n3)C2)C1)C(C)=O.